The van der Waals surface area contributed by atoms with E-state index in [4.69, 9.17) is 0 Å². The van der Waals surface area contributed by atoms with E-state index in [2.05, 4.69) is 266 Å². The van der Waals surface area contributed by atoms with Gasteiger partial charge in [0.25, 0.3) is 0 Å². The van der Waals surface area contributed by atoms with Crippen LogP contribution in [-0.4, -0.2) is 0 Å². The molecule has 0 N–H and O–H groups in total. The van der Waals surface area contributed by atoms with Crippen LogP contribution in [0.1, 0.15) is 44.5 Å². The van der Waals surface area contributed by atoms with Crippen molar-refractivity contribution < 1.29 is 0 Å². The molecular weight excluding hydrogens is 807 g/mol. The molecule has 14 rings (SSSR count). The Labute approximate surface area is 391 Å². The van der Waals surface area contributed by atoms with Gasteiger partial charge in [-0.3, -0.25) is 0 Å². The largest absolute Gasteiger partial charge is 0.310 e. The number of hydrogen-bond acceptors (Lipinski definition) is 1. The van der Waals surface area contributed by atoms with Gasteiger partial charge in [-0.05, 0) is 136 Å². The average Bonchev–Trinajstić information content (AvgIpc) is 3.99. The van der Waals surface area contributed by atoms with E-state index in [1.165, 1.54) is 99.8 Å². The van der Waals surface area contributed by atoms with Crippen molar-refractivity contribution in [2.45, 2.75) is 10.8 Å². The van der Waals surface area contributed by atoms with Gasteiger partial charge in [0.1, 0.15) is 0 Å². The van der Waals surface area contributed by atoms with Crippen molar-refractivity contribution in [1.29, 1.82) is 0 Å². The van der Waals surface area contributed by atoms with Gasteiger partial charge in [-0.25, -0.2) is 0 Å². The van der Waals surface area contributed by atoms with E-state index < -0.39 is 10.8 Å². The number of benzene rings is 11. The highest BCUT2D eigenvalue weighted by Gasteiger charge is 2.53. The normalized spacial score (nSPS) is 15.3. The molecule has 1 unspecified atom stereocenters. The molecule has 11 aromatic rings. The summed E-state index contributed by atoms with van der Waals surface area (Å²) < 4.78 is 0. The van der Waals surface area contributed by atoms with Crippen molar-refractivity contribution in [3.05, 3.63) is 305 Å². The van der Waals surface area contributed by atoms with Crippen molar-refractivity contribution in [2.75, 3.05) is 4.90 Å². The lowest BCUT2D eigenvalue weighted by Gasteiger charge is -2.35. The summed E-state index contributed by atoms with van der Waals surface area (Å²) in [7, 11) is 0. The maximum Gasteiger partial charge on any atom is 0.0732 e. The van der Waals surface area contributed by atoms with Gasteiger partial charge >= 0.3 is 0 Å². The smallest absolute Gasteiger partial charge is 0.0732 e. The molecule has 0 bridgehead atoms. The third-order valence-corrected chi connectivity index (χ3v) is 15.1. The molecular formula is C66H43N. The Hall–Kier alpha value is -8.52. The molecule has 0 fully saturated rings. The molecule has 3 aliphatic rings. The van der Waals surface area contributed by atoms with Crippen LogP contribution in [0.3, 0.4) is 0 Å². The monoisotopic (exact) mass is 849 g/mol. The van der Waals surface area contributed by atoms with Crippen molar-refractivity contribution >= 4 is 27.8 Å². The first-order valence-corrected chi connectivity index (χ1v) is 23.4. The van der Waals surface area contributed by atoms with E-state index in [1.54, 1.807) is 0 Å². The highest BCUT2D eigenvalue weighted by Crippen LogP contribution is 2.65. The summed E-state index contributed by atoms with van der Waals surface area (Å²) in [6.07, 6.45) is 0. The number of nitrogens with zero attached hydrogens (tertiary/aromatic N) is 1. The molecule has 1 spiro atoms. The first kappa shape index (κ1) is 37.8. The SMILES string of the molecule is c1ccc(-c2ccc(N(c3ccc4c(c3)C(c3ccccc3)(c3ccccc3)c3ccccc3-4)c3ccc4c(c3)C3(c5ccccc5-4)c4ccccc4-c4ccc5ccccc5c43)cc2)cc1. The van der Waals surface area contributed by atoms with Crippen LogP contribution in [-0.2, 0) is 10.8 Å². The average molecular weight is 850 g/mol. The highest BCUT2D eigenvalue weighted by molar-refractivity contribution is 6.04. The van der Waals surface area contributed by atoms with E-state index in [9.17, 15) is 0 Å². The van der Waals surface area contributed by atoms with Gasteiger partial charge in [0, 0.05) is 17.1 Å². The molecule has 1 heteroatoms. The zero-order valence-corrected chi connectivity index (χ0v) is 36.8. The number of rotatable bonds is 6. The Morgan fingerprint density at radius 2 is 0.657 bits per heavy atom. The van der Waals surface area contributed by atoms with Gasteiger partial charge in [0.05, 0.1) is 10.8 Å². The Morgan fingerprint density at radius 1 is 0.254 bits per heavy atom. The lowest BCUT2D eigenvalue weighted by atomic mass is 9.67. The minimum atomic E-state index is -0.532. The molecule has 11 aromatic carbocycles. The van der Waals surface area contributed by atoms with E-state index in [0.717, 1.165) is 17.1 Å². The summed E-state index contributed by atoms with van der Waals surface area (Å²) in [6, 6.07) is 97.6. The molecule has 312 valence electrons. The third-order valence-electron chi connectivity index (χ3n) is 15.1. The fourth-order valence-corrected chi connectivity index (χ4v) is 12.5. The Bertz CT molecular complexity index is 3690. The summed E-state index contributed by atoms with van der Waals surface area (Å²) in [5, 5.41) is 2.56. The van der Waals surface area contributed by atoms with E-state index in [0.29, 0.717) is 0 Å². The molecule has 0 radical (unpaired) electrons. The second-order valence-electron chi connectivity index (χ2n) is 18.3. The van der Waals surface area contributed by atoms with Crippen LogP contribution in [0, 0.1) is 0 Å². The Kier molecular flexibility index (Phi) is 8.18. The van der Waals surface area contributed by atoms with Gasteiger partial charge in [0.2, 0.25) is 0 Å². The maximum atomic E-state index is 2.53. The van der Waals surface area contributed by atoms with Gasteiger partial charge < -0.3 is 4.90 Å². The number of fused-ring (bicyclic) bond motifs is 15. The zero-order chi connectivity index (χ0) is 44.1. The van der Waals surface area contributed by atoms with Crippen molar-refractivity contribution in [2.24, 2.45) is 0 Å². The molecule has 3 aliphatic carbocycles. The minimum absolute atomic E-state index is 0.521. The molecule has 0 heterocycles. The van der Waals surface area contributed by atoms with E-state index in [-0.39, 0.29) is 0 Å². The van der Waals surface area contributed by atoms with Crippen LogP contribution in [0.25, 0.3) is 55.3 Å². The van der Waals surface area contributed by atoms with E-state index in [1.807, 2.05) is 0 Å². The van der Waals surface area contributed by atoms with Gasteiger partial charge in [-0.15, -0.1) is 0 Å². The molecule has 1 atom stereocenters. The Morgan fingerprint density at radius 3 is 1.24 bits per heavy atom. The third kappa shape index (κ3) is 5.20. The first-order valence-electron chi connectivity index (χ1n) is 23.4. The maximum absolute atomic E-state index is 2.53. The molecule has 0 aliphatic heterocycles. The second-order valence-corrected chi connectivity index (χ2v) is 18.3. The Balaban J connectivity index is 1.05. The second kappa shape index (κ2) is 14.5. The topological polar surface area (TPSA) is 3.24 Å². The fourth-order valence-electron chi connectivity index (χ4n) is 12.5. The lowest BCUT2D eigenvalue weighted by Crippen LogP contribution is -2.28. The minimum Gasteiger partial charge on any atom is -0.310 e. The predicted molar refractivity (Wildman–Crippen MR) is 278 cm³/mol. The first-order chi connectivity index (χ1) is 33.2. The predicted octanol–water partition coefficient (Wildman–Crippen LogP) is 16.7. The van der Waals surface area contributed by atoms with Crippen LogP contribution < -0.4 is 4.90 Å². The molecule has 1 nitrogen and oxygen atoms in total. The van der Waals surface area contributed by atoms with Crippen LogP contribution in [0.2, 0.25) is 0 Å². The summed E-state index contributed by atoms with van der Waals surface area (Å²) in [6.45, 7) is 0. The molecule has 0 saturated carbocycles. The summed E-state index contributed by atoms with van der Waals surface area (Å²) in [5.41, 5.74) is 22.9. The summed E-state index contributed by atoms with van der Waals surface area (Å²) in [5.74, 6) is 0. The van der Waals surface area contributed by atoms with Gasteiger partial charge in [-0.1, -0.05) is 224 Å². The van der Waals surface area contributed by atoms with Crippen molar-refractivity contribution in [3.63, 3.8) is 0 Å². The van der Waals surface area contributed by atoms with Gasteiger partial charge in [-0.2, -0.15) is 0 Å². The fraction of sp³-hybridized carbons (Fsp3) is 0.0303. The molecule has 0 aromatic heterocycles. The standard InChI is InChI=1S/C66H43N/c1-4-18-44(19-5-1)45-32-35-49(36-33-45)67(50-37-40-56-53-26-12-15-29-59(53)65(62(56)42-50,47-21-6-2-7-22-47)48-23-8-3-9-24-48)51-38-41-57-54-27-13-16-30-60(54)66(63(57)43-51)61-31-17-14-28-55(61)58-39-34-46-20-10-11-25-52(46)64(58)66/h1-43H. The highest BCUT2D eigenvalue weighted by atomic mass is 15.1. The van der Waals surface area contributed by atoms with Crippen molar-refractivity contribution in [1.82, 2.24) is 0 Å². The molecule has 0 amide bonds. The van der Waals surface area contributed by atoms with E-state index >= 15 is 0 Å². The summed E-state index contributed by atoms with van der Waals surface area (Å²) in [4.78, 5) is 2.50. The van der Waals surface area contributed by atoms with Crippen LogP contribution in [0.4, 0.5) is 17.1 Å². The zero-order valence-electron chi connectivity index (χ0n) is 36.8. The van der Waals surface area contributed by atoms with Crippen LogP contribution in [0.15, 0.2) is 261 Å². The van der Waals surface area contributed by atoms with Crippen LogP contribution >= 0.6 is 0 Å². The molecule has 0 saturated heterocycles. The lowest BCUT2D eigenvalue weighted by molar-refractivity contribution is 0.768. The quantitative estimate of drug-likeness (QED) is 0.161. The molecule has 67 heavy (non-hydrogen) atoms. The number of hydrogen-bond donors (Lipinski definition) is 0. The van der Waals surface area contributed by atoms with Crippen molar-refractivity contribution in [3.8, 4) is 44.5 Å². The number of anilines is 3. The summed E-state index contributed by atoms with van der Waals surface area (Å²) >= 11 is 0. The van der Waals surface area contributed by atoms with Crippen LogP contribution in [0.5, 0.6) is 0 Å². The van der Waals surface area contributed by atoms with Gasteiger partial charge in [0.15, 0.2) is 0 Å².